The summed E-state index contributed by atoms with van der Waals surface area (Å²) in [5.41, 5.74) is 1.46. The van der Waals surface area contributed by atoms with Crippen molar-refractivity contribution in [2.24, 2.45) is 0 Å². The molecule has 1 aliphatic carbocycles. The maximum atomic E-state index is 13.2. The minimum atomic E-state index is -1.59. The number of aliphatic carboxylic acids is 1. The maximum Gasteiger partial charge on any atom is 0.408 e. The van der Waals surface area contributed by atoms with Crippen LogP contribution in [0.1, 0.15) is 57.1 Å². The Labute approximate surface area is 206 Å². The molecule has 8 nitrogen and oxygen atoms in total. The molecule has 2 atom stereocenters. The van der Waals surface area contributed by atoms with E-state index in [0.717, 1.165) is 22.3 Å². The summed E-state index contributed by atoms with van der Waals surface area (Å²) in [5, 5.41) is 15.0. The number of methoxy groups -OCH3 is 1. The van der Waals surface area contributed by atoms with Crippen LogP contribution in [0.15, 0.2) is 48.5 Å². The van der Waals surface area contributed by atoms with Crippen LogP contribution in [0.5, 0.6) is 0 Å². The Kier molecular flexibility index (Phi) is 8.17. The SMILES string of the molecule is CCCC(C)(NC(=O)OCC1c2ccccc2-c2ccccc21)C(=O)NC(CC)(COC)C(=O)O. The molecule has 2 aromatic rings. The van der Waals surface area contributed by atoms with E-state index >= 15 is 0 Å². The van der Waals surface area contributed by atoms with E-state index in [1.807, 2.05) is 43.3 Å². The highest BCUT2D eigenvalue weighted by Crippen LogP contribution is 2.44. The Morgan fingerprint density at radius 1 is 0.971 bits per heavy atom. The third kappa shape index (κ3) is 5.32. The molecule has 0 heterocycles. The highest BCUT2D eigenvalue weighted by Gasteiger charge is 2.44. The van der Waals surface area contributed by atoms with Gasteiger partial charge in [0.2, 0.25) is 5.91 Å². The average molecular weight is 483 g/mol. The van der Waals surface area contributed by atoms with Gasteiger partial charge >= 0.3 is 12.1 Å². The smallest absolute Gasteiger partial charge is 0.408 e. The van der Waals surface area contributed by atoms with E-state index in [1.54, 1.807) is 13.8 Å². The molecular weight excluding hydrogens is 448 g/mol. The normalized spacial score (nSPS) is 15.8. The fraction of sp³-hybridized carbons (Fsp3) is 0.444. The molecule has 0 aliphatic heterocycles. The van der Waals surface area contributed by atoms with Crippen LogP contribution in [0.2, 0.25) is 0 Å². The second-order valence-electron chi connectivity index (χ2n) is 9.16. The molecule has 2 unspecified atom stereocenters. The summed E-state index contributed by atoms with van der Waals surface area (Å²) in [4.78, 5) is 38.0. The molecule has 0 saturated carbocycles. The summed E-state index contributed by atoms with van der Waals surface area (Å²) in [6.07, 6.45) is 0.274. The quantitative estimate of drug-likeness (QED) is 0.445. The molecule has 1 aliphatic rings. The highest BCUT2D eigenvalue weighted by atomic mass is 16.5. The second kappa shape index (κ2) is 10.9. The number of benzene rings is 2. The van der Waals surface area contributed by atoms with Crippen molar-refractivity contribution in [2.45, 2.75) is 57.0 Å². The van der Waals surface area contributed by atoms with Gasteiger partial charge in [0.1, 0.15) is 12.1 Å². The highest BCUT2D eigenvalue weighted by molar-refractivity contribution is 5.94. The fourth-order valence-corrected chi connectivity index (χ4v) is 4.69. The second-order valence-corrected chi connectivity index (χ2v) is 9.16. The first-order chi connectivity index (χ1) is 16.7. The van der Waals surface area contributed by atoms with E-state index in [9.17, 15) is 19.5 Å². The van der Waals surface area contributed by atoms with Crippen LogP contribution in [0.4, 0.5) is 4.79 Å². The van der Waals surface area contributed by atoms with Crippen molar-refractivity contribution in [2.75, 3.05) is 20.3 Å². The minimum Gasteiger partial charge on any atom is -0.479 e. The van der Waals surface area contributed by atoms with Crippen LogP contribution in [0.3, 0.4) is 0 Å². The molecule has 3 N–H and O–H groups in total. The third-order valence-electron chi connectivity index (χ3n) is 6.73. The Morgan fingerprint density at radius 3 is 2.03 bits per heavy atom. The van der Waals surface area contributed by atoms with Gasteiger partial charge in [-0.25, -0.2) is 9.59 Å². The lowest BCUT2D eigenvalue weighted by molar-refractivity contribution is -0.151. The molecule has 0 spiro atoms. The van der Waals surface area contributed by atoms with Gasteiger partial charge in [0.05, 0.1) is 6.61 Å². The van der Waals surface area contributed by atoms with Crippen LogP contribution in [0.25, 0.3) is 11.1 Å². The summed E-state index contributed by atoms with van der Waals surface area (Å²) in [6.45, 7) is 5.02. The maximum absolute atomic E-state index is 13.2. The van der Waals surface area contributed by atoms with E-state index in [2.05, 4.69) is 22.8 Å². The van der Waals surface area contributed by atoms with Crippen LogP contribution < -0.4 is 10.6 Å². The molecule has 188 valence electrons. The molecule has 0 radical (unpaired) electrons. The number of amides is 2. The predicted molar refractivity (Wildman–Crippen MR) is 132 cm³/mol. The van der Waals surface area contributed by atoms with Crippen LogP contribution in [-0.4, -0.2) is 54.5 Å². The monoisotopic (exact) mass is 482 g/mol. The number of rotatable bonds is 11. The van der Waals surface area contributed by atoms with Gasteiger partial charge in [0.15, 0.2) is 5.54 Å². The first-order valence-corrected chi connectivity index (χ1v) is 11.9. The number of ether oxygens (including phenoxy) is 2. The molecule has 8 heteroatoms. The Balaban J connectivity index is 1.73. The number of hydrogen-bond acceptors (Lipinski definition) is 5. The van der Waals surface area contributed by atoms with Crippen molar-refractivity contribution in [3.8, 4) is 11.1 Å². The molecule has 0 saturated heterocycles. The summed E-state index contributed by atoms with van der Waals surface area (Å²) in [7, 11) is 1.37. The first kappa shape index (κ1) is 26.2. The number of fused-ring (bicyclic) bond motifs is 3. The summed E-state index contributed by atoms with van der Waals surface area (Å²) < 4.78 is 10.7. The number of carboxylic acid groups (broad SMARTS) is 1. The molecule has 3 rings (SSSR count). The Morgan fingerprint density at radius 2 is 1.54 bits per heavy atom. The van der Waals surface area contributed by atoms with Gasteiger partial charge in [-0.1, -0.05) is 68.8 Å². The summed E-state index contributed by atoms with van der Waals surface area (Å²) in [6, 6.07) is 16.1. The Hall–Kier alpha value is -3.39. The number of alkyl carbamates (subject to hydrolysis) is 1. The van der Waals surface area contributed by atoms with Crippen molar-refractivity contribution in [1.82, 2.24) is 10.6 Å². The standard InChI is InChI=1S/C27H34N2O6/c1-5-15-26(3,23(30)28-27(6-2,17-34-4)24(31)32)29-25(33)35-16-22-20-13-9-7-11-18(20)19-12-8-10-14-21(19)22/h7-14,22H,5-6,15-17H2,1-4H3,(H,28,30)(H,29,33)(H,31,32). The molecule has 0 bridgehead atoms. The van der Waals surface area contributed by atoms with Crippen molar-refractivity contribution in [3.63, 3.8) is 0 Å². The van der Waals surface area contributed by atoms with Gasteiger partial charge < -0.3 is 25.2 Å². The van der Waals surface area contributed by atoms with E-state index in [0.29, 0.717) is 12.8 Å². The predicted octanol–water partition coefficient (Wildman–Crippen LogP) is 4.08. The first-order valence-electron chi connectivity index (χ1n) is 11.9. The third-order valence-corrected chi connectivity index (χ3v) is 6.73. The summed E-state index contributed by atoms with van der Waals surface area (Å²) in [5.74, 6) is -1.91. The van der Waals surface area contributed by atoms with Crippen molar-refractivity contribution in [3.05, 3.63) is 59.7 Å². The van der Waals surface area contributed by atoms with Gasteiger partial charge in [-0.05, 0) is 42.0 Å². The zero-order chi connectivity index (χ0) is 25.6. The minimum absolute atomic E-state index is 0.110. The zero-order valence-corrected chi connectivity index (χ0v) is 20.7. The zero-order valence-electron chi connectivity index (χ0n) is 20.7. The molecule has 2 amide bonds. The van der Waals surface area contributed by atoms with E-state index < -0.39 is 29.0 Å². The molecule has 0 fully saturated rings. The number of nitrogens with one attached hydrogen (secondary N) is 2. The molecule has 35 heavy (non-hydrogen) atoms. The van der Waals surface area contributed by atoms with Gasteiger partial charge in [0, 0.05) is 13.0 Å². The van der Waals surface area contributed by atoms with Crippen molar-refractivity contribution in [1.29, 1.82) is 0 Å². The van der Waals surface area contributed by atoms with Crippen molar-refractivity contribution >= 4 is 18.0 Å². The van der Waals surface area contributed by atoms with Gasteiger partial charge in [-0.2, -0.15) is 0 Å². The lowest BCUT2D eigenvalue weighted by atomic mass is 9.91. The topological polar surface area (TPSA) is 114 Å². The van der Waals surface area contributed by atoms with Crippen LogP contribution in [0, 0.1) is 0 Å². The summed E-state index contributed by atoms with van der Waals surface area (Å²) >= 11 is 0. The van der Waals surface area contributed by atoms with Gasteiger partial charge in [-0.3, -0.25) is 4.79 Å². The van der Waals surface area contributed by atoms with Crippen LogP contribution in [-0.2, 0) is 19.1 Å². The van der Waals surface area contributed by atoms with E-state index in [1.165, 1.54) is 7.11 Å². The number of carbonyl (C=O) groups is 3. The van der Waals surface area contributed by atoms with Gasteiger partial charge in [0.25, 0.3) is 0 Å². The number of carbonyl (C=O) groups excluding carboxylic acids is 2. The number of carboxylic acids is 1. The van der Waals surface area contributed by atoms with E-state index in [4.69, 9.17) is 9.47 Å². The average Bonchev–Trinajstić information content (AvgIpc) is 3.16. The van der Waals surface area contributed by atoms with Gasteiger partial charge in [-0.15, -0.1) is 0 Å². The lowest BCUT2D eigenvalue weighted by Gasteiger charge is -2.35. The number of hydrogen-bond donors (Lipinski definition) is 3. The van der Waals surface area contributed by atoms with Crippen LogP contribution >= 0.6 is 0 Å². The fourth-order valence-electron chi connectivity index (χ4n) is 4.69. The molecular formula is C27H34N2O6. The molecule has 0 aromatic heterocycles. The largest absolute Gasteiger partial charge is 0.479 e. The lowest BCUT2D eigenvalue weighted by Crippen LogP contribution is -2.65. The van der Waals surface area contributed by atoms with E-state index in [-0.39, 0.29) is 25.6 Å². The Bertz CT molecular complexity index is 1040. The van der Waals surface area contributed by atoms with Crippen molar-refractivity contribution < 1.29 is 29.0 Å². The molecule has 2 aromatic carbocycles.